The second kappa shape index (κ2) is 5.75. The molecule has 0 amide bonds. The Kier molecular flexibility index (Phi) is 3.85. The molecule has 0 radical (unpaired) electrons. The van der Waals surface area contributed by atoms with Crippen LogP contribution in [0.1, 0.15) is 6.23 Å². The lowest BCUT2D eigenvalue weighted by atomic mass is 10.1. The van der Waals surface area contributed by atoms with Crippen molar-refractivity contribution < 1.29 is 28.7 Å². The first kappa shape index (κ1) is 17.4. The molecule has 1 unspecified atom stereocenters. The molecule has 14 nitrogen and oxygen atoms in total. The summed E-state index contributed by atoms with van der Waals surface area (Å²) in [6.07, 6.45) is -4.80. The van der Waals surface area contributed by atoms with Crippen LogP contribution in [-0.2, 0) is 25.6 Å². The molecule has 0 aromatic carbocycles. The van der Waals surface area contributed by atoms with E-state index in [4.69, 9.17) is 31.3 Å². The number of aromatic amines is 1. The summed E-state index contributed by atoms with van der Waals surface area (Å²) in [7, 11) is 0. The van der Waals surface area contributed by atoms with E-state index in [0.29, 0.717) is 0 Å². The maximum atomic E-state index is 12.0. The van der Waals surface area contributed by atoms with E-state index < -0.39 is 47.7 Å². The first-order valence-electron chi connectivity index (χ1n) is 7.09. The van der Waals surface area contributed by atoms with Crippen LogP contribution in [0.5, 0.6) is 0 Å². The van der Waals surface area contributed by atoms with E-state index in [-0.39, 0.29) is 23.7 Å². The number of aromatic nitrogens is 4. The molecule has 16 heteroatoms. The Labute approximate surface area is 147 Å². The normalized spacial score (nSPS) is 34.1. The van der Waals surface area contributed by atoms with E-state index in [2.05, 4.69) is 15.0 Å². The maximum absolute atomic E-state index is 12.0. The minimum Gasteiger partial charge on any atom is -0.390 e. The molecule has 5 atom stereocenters. The predicted molar refractivity (Wildman–Crippen MR) is 86.5 cm³/mol. The Morgan fingerprint density at radius 3 is 2.92 bits per heavy atom. The van der Waals surface area contributed by atoms with Crippen LogP contribution >= 0.6 is 6.72 Å². The molecule has 2 aliphatic heterocycles. The van der Waals surface area contributed by atoms with Gasteiger partial charge in [-0.1, -0.05) is 4.98 Å². The van der Waals surface area contributed by atoms with Gasteiger partial charge in [-0.3, -0.25) is 14.3 Å². The van der Waals surface area contributed by atoms with E-state index in [1.54, 1.807) is 0 Å². The first-order chi connectivity index (χ1) is 12.2. The zero-order chi connectivity index (χ0) is 18.8. The van der Waals surface area contributed by atoms with Gasteiger partial charge in [0.25, 0.3) is 11.1 Å². The van der Waals surface area contributed by atoms with Crippen LogP contribution in [0.4, 0.5) is 11.9 Å². The Morgan fingerprint density at radius 2 is 2.23 bits per heavy atom. The largest absolute Gasteiger partial charge is 0.439 e. The van der Waals surface area contributed by atoms with Crippen molar-refractivity contribution in [3.8, 4) is 0 Å². The number of nitrogens with two attached hydrogens (primary N) is 1. The fourth-order valence-corrected chi connectivity index (χ4v) is 4.35. The van der Waals surface area contributed by atoms with E-state index in [1.807, 2.05) is 0 Å². The lowest BCUT2D eigenvalue weighted by Gasteiger charge is -2.30. The quantitative estimate of drug-likeness (QED) is 0.256. The molecule has 4 heterocycles. The maximum Gasteiger partial charge on any atom is 0.439 e. The van der Waals surface area contributed by atoms with Crippen molar-refractivity contribution in [1.29, 1.82) is 0 Å². The van der Waals surface area contributed by atoms with Crippen LogP contribution in [0.25, 0.3) is 11.2 Å². The third-order valence-corrected chi connectivity index (χ3v) is 5.49. The molecule has 0 aliphatic carbocycles. The van der Waals surface area contributed by atoms with Gasteiger partial charge in [0, 0.05) is 0 Å². The summed E-state index contributed by atoms with van der Waals surface area (Å²) in [5.74, 6) is -1.08. The highest BCUT2D eigenvalue weighted by molar-refractivity contribution is 8.07. The highest BCUT2D eigenvalue weighted by atomic mass is 32.5. The number of aliphatic hydroxyl groups excluding tert-OH is 1. The second-order valence-corrected chi connectivity index (χ2v) is 8.34. The number of nitrogens with zero attached hydrogens (tertiary/aromatic N) is 4. The van der Waals surface area contributed by atoms with Crippen LogP contribution in [0.2, 0.25) is 0 Å². The highest BCUT2D eigenvalue weighted by Gasteiger charge is 2.54. The zero-order valence-electron chi connectivity index (χ0n) is 12.6. The van der Waals surface area contributed by atoms with Gasteiger partial charge in [0.2, 0.25) is 17.8 Å². The fraction of sp³-hybridized carbons (Fsp3) is 0.500. The van der Waals surface area contributed by atoms with E-state index in [0.717, 1.165) is 4.57 Å². The molecule has 2 aromatic rings. The van der Waals surface area contributed by atoms with Crippen molar-refractivity contribution in [1.82, 2.24) is 19.5 Å². The summed E-state index contributed by atoms with van der Waals surface area (Å²) >= 11 is 4.74. The average Bonchev–Trinajstić information content (AvgIpc) is 3.05. The summed E-state index contributed by atoms with van der Waals surface area (Å²) in [5, 5.41) is 21.9. The van der Waals surface area contributed by atoms with Gasteiger partial charge < -0.3 is 35.1 Å². The molecule has 0 saturated carbocycles. The van der Waals surface area contributed by atoms with Crippen LogP contribution in [0.3, 0.4) is 0 Å². The van der Waals surface area contributed by atoms with Gasteiger partial charge in [0.05, 0.1) is 6.61 Å². The fourth-order valence-electron chi connectivity index (χ4n) is 2.90. The van der Waals surface area contributed by atoms with Gasteiger partial charge in [-0.05, 0) is 16.7 Å². The molecule has 0 spiro atoms. The molecule has 2 saturated heterocycles. The van der Waals surface area contributed by atoms with Crippen molar-refractivity contribution in [2.45, 2.75) is 24.5 Å². The number of nitro groups is 1. The third kappa shape index (κ3) is 2.61. The van der Waals surface area contributed by atoms with Gasteiger partial charge in [-0.2, -0.15) is 9.55 Å². The number of hydrogen-bond acceptors (Lipinski definition) is 11. The molecule has 2 aromatic heterocycles. The summed E-state index contributed by atoms with van der Waals surface area (Å²) in [6, 6.07) is 0. The number of rotatable bonds is 2. The number of anilines is 1. The lowest BCUT2D eigenvalue weighted by Crippen LogP contribution is -2.39. The summed E-state index contributed by atoms with van der Waals surface area (Å²) in [6.45, 7) is -3.73. The predicted octanol–water partition coefficient (Wildman–Crippen LogP) is -1.50. The molecule has 4 rings (SSSR count). The van der Waals surface area contributed by atoms with Gasteiger partial charge in [0.1, 0.15) is 18.3 Å². The third-order valence-electron chi connectivity index (χ3n) is 3.93. The number of nitrogen functional groups attached to an aromatic ring is 1. The monoisotopic (exact) mass is 406 g/mol. The number of H-pyrrole nitrogens is 1. The summed E-state index contributed by atoms with van der Waals surface area (Å²) in [4.78, 5) is 41.9. The van der Waals surface area contributed by atoms with Crippen LogP contribution in [-0.4, -0.2) is 59.4 Å². The first-order valence-corrected chi connectivity index (χ1v) is 9.68. The Bertz CT molecular complexity index is 1020. The van der Waals surface area contributed by atoms with Crippen molar-refractivity contribution in [2.75, 3.05) is 12.3 Å². The van der Waals surface area contributed by atoms with Crippen molar-refractivity contribution in [2.24, 2.45) is 0 Å². The average molecular weight is 406 g/mol. The van der Waals surface area contributed by atoms with Crippen molar-refractivity contribution in [3.05, 3.63) is 20.5 Å². The molecule has 26 heavy (non-hydrogen) atoms. The lowest BCUT2D eigenvalue weighted by molar-refractivity contribution is -0.398. The van der Waals surface area contributed by atoms with Gasteiger partial charge in [-0.15, -0.1) is 0 Å². The molecule has 2 aliphatic rings. The molecular weight excluding hydrogens is 395 g/mol. The second-order valence-electron chi connectivity index (χ2n) is 5.55. The van der Waals surface area contributed by atoms with Gasteiger partial charge in [0.15, 0.2) is 0 Å². The van der Waals surface area contributed by atoms with Crippen molar-refractivity contribution >= 4 is 41.6 Å². The zero-order valence-corrected chi connectivity index (χ0v) is 14.3. The number of nitrogens with one attached hydrogen (secondary N) is 1. The number of fused-ring (bicyclic) bond motifs is 2. The standard InChI is InChI=1S/C10H11N6O8PS/c11-9-13-6-3(7(18)14-9)12-10(16(19)20)15(6)8-4(17)5-2(23-8)1-22-25(21,26)24-5/h2,4-5,8,17H,1H2,(H,21,26)(H3,11,13,14,18)/t2-,4-,5-,8-,25?/m1/s1. The Hall–Kier alpha value is -2.00. The Morgan fingerprint density at radius 1 is 1.50 bits per heavy atom. The topological polar surface area (TPSA) is 201 Å². The molecule has 0 bridgehead atoms. The van der Waals surface area contributed by atoms with Crippen LogP contribution < -0.4 is 11.3 Å². The van der Waals surface area contributed by atoms with Gasteiger partial charge >= 0.3 is 12.7 Å². The molecule has 2 fully saturated rings. The van der Waals surface area contributed by atoms with Gasteiger partial charge in [-0.25, -0.2) is 0 Å². The highest BCUT2D eigenvalue weighted by Crippen LogP contribution is 2.53. The molecular formula is C10H11N6O8PS. The number of aliphatic hydroxyl groups is 1. The van der Waals surface area contributed by atoms with E-state index in [1.165, 1.54) is 0 Å². The number of imidazole rings is 1. The number of hydrogen-bond donors (Lipinski definition) is 4. The van der Waals surface area contributed by atoms with Crippen LogP contribution in [0, 0.1) is 10.1 Å². The summed E-state index contributed by atoms with van der Waals surface area (Å²) < 4.78 is 16.6. The SMILES string of the molecule is Nc1nc2c(nc([N+](=O)[O-])n2[C@@H]2O[C@@H]3COP(O)(=S)O[C@H]3[C@H]2O)c(=O)[nH]1. The molecule has 5 N–H and O–H groups in total. The Balaban J connectivity index is 1.86. The minimum atomic E-state index is -3.55. The van der Waals surface area contributed by atoms with Crippen LogP contribution in [0.15, 0.2) is 4.79 Å². The minimum absolute atomic E-state index is 0.178. The molecule has 140 valence electrons. The smallest absolute Gasteiger partial charge is 0.390 e. The van der Waals surface area contributed by atoms with Crippen molar-refractivity contribution in [3.63, 3.8) is 0 Å². The summed E-state index contributed by atoms with van der Waals surface area (Å²) in [5.41, 5.74) is 4.12. The number of ether oxygens (including phenoxy) is 1. The van der Waals surface area contributed by atoms with E-state index in [9.17, 15) is 24.9 Å². The van der Waals surface area contributed by atoms with E-state index >= 15 is 0 Å².